The molecule has 2 aromatic rings. The van der Waals surface area contributed by atoms with E-state index in [9.17, 15) is 9.18 Å². The minimum Gasteiger partial charge on any atom is -0.354 e. The van der Waals surface area contributed by atoms with Crippen LogP contribution in [-0.4, -0.2) is 36.6 Å². The van der Waals surface area contributed by atoms with E-state index in [4.69, 9.17) is 0 Å². The Balaban J connectivity index is 1.65. The van der Waals surface area contributed by atoms with Crippen molar-refractivity contribution < 1.29 is 9.18 Å². The van der Waals surface area contributed by atoms with Gasteiger partial charge in [0, 0.05) is 26.0 Å². The van der Waals surface area contributed by atoms with Gasteiger partial charge in [0.25, 0.3) is 0 Å². The monoisotopic (exact) mass is 362 g/mol. The number of nitrogens with zero attached hydrogens (tertiary/aromatic N) is 3. The molecule has 7 heteroatoms. The SMILES string of the molecule is CN(C)c1nc(CNC(=O)N2CCCC[C@H]2c2ccc(F)cc2)cs1. The minimum absolute atomic E-state index is 0.00196. The molecule has 3 rings (SSSR count). The number of carbonyl (C=O) groups excluding carboxylic acids is 1. The number of rotatable bonds is 4. The van der Waals surface area contributed by atoms with Crippen LogP contribution in [0.2, 0.25) is 0 Å². The summed E-state index contributed by atoms with van der Waals surface area (Å²) < 4.78 is 13.2. The highest BCUT2D eigenvalue weighted by molar-refractivity contribution is 7.13. The Kier molecular flexibility index (Phi) is 5.53. The first-order valence-corrected chi connectivity index (χ1v) is 9.34. The topological polar surface area (TPSA) is 48.5 Å². The van der Waals surface area contributed by atoms with Crippen LogP contribution in [0.5, 0.6) is 0 Å². The zero-order chi connectivity index (χ0) is 17.8. The first-order valence-electron chi connectivity index (χ1n) is 8.46. The molecule has 2 heterocycles. The van der Waals surface area contributed by atoms with Gasteiger partial charge in [0.05, 0.1) is 18.3 Å². The number of anilines is 1. The molecule has 0 unspecified atom stereocenters. The average Bonchev–Trinajstić information content (AvgIpc) is 3.10. The number of thiazole rings is 1. The first-order chi connectivity index (χ1) is 12.0. The number of likely N-dealkylation sites (tertiary alicyclic amines) is 1. The summed E-state index contributed by atoms with van der Waals surface area (Å²) in [4.78, 5) is 21.0. The molecule has 0 aliphatic carbocycles. The van der Waals surface area contributed by atoms with Crippen LogP contribution in [0.25, 0.3) is 0 Å². The summed E-state index contributed by atoms with van der Waals surface area (Å²) in [5, 5.41) is 5.85. The van der Waals surface area contributed by atoms with E-state index in [1.54, 1.807) is 23.5 Å². The van der Waals surface area contributed by atoms with Crippen LogP contribution in [-0.2, 0) is 6.54 Å². The summed E-state index contributed by atoms with van der Waals surface area (Å²) in [6.07, 6.45) is 2.97. The van der Waals surface area contributed by atoms with E-state index in [1.807, 2.05) is 29.3 Å². The second-order valence-corrected chi connectivity index (χ2v) is 7.27. The molecule has 0 bridgehead atoms. The zero-order valence-electron chi connectivity index (χ0n) is 14.5. The van der Waals surface area contributed by atoms with Gasteiger partial charge in [-0.3, -0.25) is 0 Å². The van der Waals surface area contributed by atoms with Gasteiger partial charge in [-0.25, -0.2) is 14.2 Å². The number of urea groups is 1. The van der Waals surface area contributed by atoms with Gasteiger partial charge < -0.3 is 15.1 Å². The fourth-order valence-electron chi connectivity index (χ4n) is 3.06. The van der Waals surface area contributed by atoms with Crippen molar-refractivity contribution in [2.24, 2.45) is 0 Å². The van der Waals surface area contributed by atoms with E-state index in [2.05, 4.69) is 10.3 Å². The Morgan fingerprint density at radius 1 is 1.36 bits per heavy atom. The van der Waals surface area contributed by atoms with E-state index in [-0.39, 0.29) is 17.9 Å². The minimum atomic E-state index is -0.254. The van der Waals surface area contributed by atoms with Crippen molar-refractivity contribution in [1.82, 2.24) is 15.2 Å². The van der Waals surface area contributed by atoms with Crippen molar-refractivity contribution in [2.45, 2.75) is 31.8 Å². The molecule has 1 atom stereocenters. The molecule has 2 amide bonds. The van der Waals surface area contributed by atoms with Gasteiger partial charge in [0.15, 0.2) is 5.13 Å². The third-order valence-corrected chi connectivity index (χ3v) is 5.42. The van der Waals surface area contributed by atoms with E-state index < -0.39 is 0 Å². The van der Waals surface area contributed by atoms with E-state index >= 15 is 0 Å². The van der Waals surface area contributed by atoms with Gasteiger partial charge in [-0.05, 0) is 37.0 Å². The Labute approximate surface area is 151 Å². The largest absolute Gasteiger partial charge is 0.354 e. The summed E-state index contributed by atoms with van der Waals surface area (Å²) in [7, 11) is 3.89. The summed E-state index contributed by atoms with van der Waals surface area (Å²) in [5.74, 6) is -0.254. The highest BCUT2D eigenvalue weighted by Crippen LogP contribution is 2.31. The molecule has 1 aromatic heterocycles. The average molecular weight is 362 g/mol. The molecule has 1 aromatic carbocycles. The fraction of sp³-hybridized carbons (Fsp3) is 0.444. The second-order valence-electron chi connectivity index (χ2n) is 6.43. The molecule has 1 N–H and O–H groups in total. The Morgan fingerprint density at radius 2 is 2.12 bits per heavy atom. The predicted molar refractivity (Wildman–Crippen MR) is 98.4 cm³/mol. The van der Waals surface area contributed by atoms with Crippen molar-refractivity contribution in [3.63, 3.8) is 0 Å². The maximum absolute atomic E-state index is 13.2. The van der Waals surface area contributed by atoms with Crippen molar-refractivity contribution in [1.29, 1.82) is 0 Å². The number of carbonyl (C=O) groups is 1. The van der Waals surface area contributed by atoms with Crippen molar-refractivity contribution in [3.05, 3.63) is 46.7 Å². The number of hydrogen-bond acceptors (Lipinski definition) is 4. The number of aromatic nitrogens is 1. The number of benzene rings is 1. The summed E-state index contributed by atoms with van der Waals surface area (Å²) in [6.45, 7) is 1.13. The molecule has 1 aliphatic heterocycles. The molecule has 25 heavy (non-hydrogen) atoms. The number of nitrogens with one attached hydrogen (secondary N) is 1. The van der Waals surface area contributed by atoms with Gasteiger partial charge in [-0.15, -0.1) is 11.3 Å². The predicted octanol–water partition coefficient (Wildman–Crippen LogP) is 3.79. The van der Waals surface area contributed by atoms with Crippen LogP contribution in [0.3, 0.4) is 0 Å². The molecular weight excluding hydrogens is 339 g/mol. The highest BCUT2D eigenvalue weighted by Gasteiger charge is 2.27. The standard InChI is InChI=1S/C18H23FN4OS/c1-22(2)18-21-15(12-25-18)11-20-17(24)23-10-4-3-5-16(23)13-6-8-14(19)9-7-13/h6-9,12,16H,3-5,10-11H2,1-2H3,(H,20,24)/t16-/m0/s1. The van der Waals surface area contributed by atoms with Crippen LogP contribution >= 0.6 is 11.3 Å². The molecule has 0 spiro atoms. The van der Waals surface area contributed by atoms with Crippen LogP contribution in [0, 0.1) is 5.82 Å². The van der Waals surface area contributed by atoms with Gasteiger partial charge in [-0.2, -0.15) is 0 Å². The molecule has 0 radical (unpaired) electrons. The summed E-state index contributed by atoms with van der Waals surface area (Å²) in [5.41, 5.74) is 1.84. The highest BCUT2D eigenvalue weighted by atomic mass is 32.1. The Hall–Kier alpha value is -2.15. The lowest BCUT2D eigenvalue weighted by Crippen LogP contribution is -2.44. The molecule has 1 fully saturated rings. The lowest BCUT2D eigenvalue weighted by atomic mass is 9.95. The number of hydrogen-bond donors (Lipinski definition) is 1. The smallest absolute Gasteiger partial charge is 0.318 e. The van der Waals surface area contributed by atoms with Crippen LogP contribution in [0.1, 0.15) is 36.6 Å². The van der Waals surface area contributed by atoms with Crippen LogP contribution in [0.4, 0.5) is 14.3 Å². The third-order valence-electron chi connectivity index (χ3n) is 4.36. The molecular formula is C18H23FN4OS. The van der Waals surface area contributed by atoms with Crippen molar-refractivity contribution >= 4 is 22.5 Å². The number of piperidine rings is 1. The van der Waals surface area contributed by atoms with Gasteiger partial charge in [0.2, 0.25) is 0 Å². The second kappa shape index (κ2) is 7.82. The maximum Gasteiger partial charge on any atom is 0.318 e. The number of amides is 2. The quantitative estimate of drug-likeness (QED) is 0.900. The Morgan fingerprint density at radius 3 is 2.80 bits per heavy atom. The van der Waals surface area contributed by atoms with Crippen molar-refractivity contribution in [2.75, 3.05) is 25.5 Å². The van der Waals surface area contributed by atoms with Crippen LogP contribution in [0.15, 0.2) is 29.6 Å². The fourth-order valence-corrected chi connectivity index (χ4v) is 3.81. The molecule has 0 saturated carbocycles. The molecule has 1 saturated heterocycles. The van der Waals surface area contributed by atoms with E-state index in [0.717, 1.165) is 35.7 Å². The van der Waals surface area contributed by atoms with Gasteiger partial charge >= 0.3 is 6.03 Å². The molecule has 1 aliphatic rings. The summed E-state index contributed by atoms with van der Waals surface area (Å²) >= 11 is 1.56. The Bertz CT molecular complexity index is 716. The van der Waals surface area contributed by atoms with Crippen LogP contribution < -0.4 is 10.2 Å². The number of halogens is 1. The third kappa shape index (κ3) is 4.28. The lowest BCUT2D eigenvalue weighted by molar-refractivity contribution is 0.151. The normalized spacial score (nSPS) is 17.4. The van der Waals surface area contributed by atoms with Crippen molar-refractivity contribution in [3.8, 4) is 0 Å². The molecule has 5 nitrogen and oxygen atoms in total. The van der Waals surface area contributed by atoms with E-state index in [0.29, 0.717) is 13.1 Å². The van der Waals surface area contributed by atoms with Gasteiger partial charge in [-0.1, -0.05) is 12.1 Å². The van der Waals surface area contributed by atoms with Gasteiger partial charge in [0.1, 0.15) is 5.82 Å². The zero-order valence-corrected chi connectivity index (χ0v) is 15.4. The first kappa shape index (κ1) is 17.7. The molecule has 134 valence electrons. The summed E-state index contributed by atoms with van der Waals surface area (Å²) in [6, 6.07) is 6.37. The maximum atomic E-state index is 13.2. The van der Waals surface area contributed by atoms with E-state index in [1.165, 1.54) is 12.1 Å². The lowest BCUT2D eigenvalue weighted by Gasteiger charge is -2.36.